The van der Waals surface area contributed by atoms with Gasteiger partial charge in [0.2, 0.25) is 0 Å². The molecule has 1 aromatic carbocycles. The standard InChI is InChI=1S/C16H15F3N4O/c1-10-6-14(22-23(10)9-16(17,18)19)15(24)21-8-11-7-20-13-5-3-2-4-12(11)13/h2-7,20H,8-9H2,1H3,(H,21,24). The van der Waals surface area contributed by atoms with Crippen molar-refractivity contribution in [2.24, 2.45) is 0 Å². The highest BCUT2D eigenvalue weighted by atomic mass is 19.4. The van der Waals surface area contributed by atoms with Crippen LogP contribution in [-0.2, 0) is 13.1 Å². The number of hydrogen-bond acceptors (Lipinski definition) is 2. The maximum atomic E-state index is 12.4. The van der Waals surface area contributed by atoms with Crippen molar-refractivity contribution in [1.29, 1.82) is 0 Å². The summed E-state index contributed by atoms with van der Waals surface area (Å²) in [6.07, 6.45) is -2.59. The summed E-state index contributed by atoms with van der Waals surface area (Å²) in [5, 5.41) is 7.40. The van der Waals surface area contributed by atoms with E-state index in [-0.39, 0.29) is 17.9 Å². The third-order valence-corrected chi connectivity index (χ3v) is 3.66. The average Bonchev–Trinajstić information content (AvgIpc) is 3.08. The van der Waals surface area contributed by atoms with Crippen molar-refractivity contribution in [3.63, 3.8) is 0 Å². The average molecular weight is 336 g/mol. The van der Waals surface area contributed by atoms with E-state index >= 15 is 0 Å². The molecular weight excluding hydrogens is 321 g/mol. The number of carbonyl (C=O) groups excluding carboxylic acids is 1. The molecule has 0 saturated carbocycles. The zero-order chi connectivity index (χ0) is 17.3. The summed E-state index contributed by atoms with van der Waals surface area (Å²) in [7, 11) is 0. The van der Waals surface area contributed by atoms with Crippen LogP contribution in [0.4, 0.5) is 13.2 Å². The zero-order valence-corrected chi connectivity index (χ0v) is 12.8. The van der Waals surface area contributed by atoms with Gasteiger partial charge in [-0.15, -0.1) is 0 Å². The number of halogens is 3. The van der Waals surface area contributed by atoms with Crippen molar-refractivity contribution in [3.05, 3.63) is 53.5 Å². The molecule has 0 spiro atoms. The highest BCUT2D eigenvalue weighted by Gasteiger charge is 2.29. The predicted molar refractivity (Wildman–Crippen MR) is 82.5 cm³/mol. The fourth-order valence-corrected chi connectivity index (χ4v) is 2.49. The molecule has 1 amide bonds. The summed E-state index contributed by atoms with van der Waals surface area (Å²) in [5.41, 5.74) is 2.10. The van der Waals surface area contributed by atoms with E-state index in [1.165, 1.54) is 13.0 Å². The molecule has 0 bridgehead atoms. The molecule has 2 aromatic heterocycles. The fourth-order valence-electron chi connectivity index (χ4n) is 2.49. The van der Waals surface area contributed by atoms with Crippen LogP contribution >= 0.6 is 0 Å². The van der Waals surface area contributed by atoms with Gasteiger partial charge in [-0.05, 0) is 24.6 Å². The van der Waals surface area contributed by atoms with E-state index in [1.807, 2.05) is 24.3 Å². The van der Waals surface area contributed by atoms with Gasteiger partial charge >= 0.3 is 6.18 Å². The van der Waals surface area contributed by atoms with Crippen LogP contribution < -0.4 is 5.32 Å². The van der Waals surface area contributed by atoms with Crippen LogP contribution in [0.25, 0.3) is 10.9 Å². The molecule has 0 unspecified atom stereocenters. The predicted octanol–water partition coefficient (Wildman–Crippen LogP) is 3.17. The topological polar surface area (TPSA) is 62.7 Å². The van der Waals surface area contributed by atoms with Crippen molar-refractivity contribution < 1.29 is 18.0 Å². The smallest absolute Gasteiger partial charge is 0.361 e. The Morgan fingerprint density at radius 3 is 2.83 bits per heavy atom. The minimum atomic E-state index is -4.38. The number of rotatable bonds is 4. The maximum Gasteiger partial charge on any atom is 0.408 e. The molecule has 2 heterocycles. The first kappa shape index (κ1) is 16.1. The number of alkyl halides is 3. The molecule has 5 nitrogen and oxygen atoms in total. The number of nitrogens with one attached hydrogen (secondary N) is 2. The van der Waals surface area contributed by atoms with E-state index in [0.717, 1.165) is 21.1 Å². The van der Waals surface area contributed by atoms with Gasteiger partial charge in [0, 0.05) is 29.3 Å². The number of nitrogens with zero attached hydrogens (tertiary/aromatic N) is 2. The van der Waals surface area contributed by atoms with Gasteiger partial charge in [0.15, 0.2) is 0 Å². The van der Waals surface area contributed by atoms with Crippen LogP contribution in [-0.4, -0.2) is 26.8 Å². The number of aryl methyl sites for hydroxylation is 1. The first-order valence-corrected chi connectivity index (χ1v) is 7.28. The third-order valence-electron chi connectivity index (χ3n) is 3.66. The first-order valence-electron chi connectivity index (χ1n) is 7.28. The van der Waals surface area contributed by atoms with E-state index in [0.29, 0.717) is 0 Å². The van der Waals surface area contributed by atoms with Gasteiger partial charge in [-0.25, -0.2) is 0 Å². The Hall–Kier alpha value is -2.77. The van der Waals surface area contributed by atoms with Gasteiger partial charge in [0.1, 0.15) is 12.2 Å². The monoisotopic (exact) mass is 336 g/mol. The van der Waals surface area contributed by atoms with Crippen LogP contribution in [0.1, 0.15) is 21.7 Å². The molecule has 0 aliphatic carbocycles. The molecule has 3 rings (SSSR count). The highest BCUT2D eigenvalue weighted by Crippen LogP contribution is 2.19. The van der Waals surface area contributed by atoms with Crippen molar-refractivity contribution >= 4 is 16.8 Å². The Morgan fingerprint density at radius 1 is 1.33 bits per heavy atom. The molecule has 8 heteroatoms. The van der Waals surface area contributed by atoms with E-state index in [2.05, 4.69) is 15.4 Å². The number of carbonyl (C=O) groups is 1. The Balaban J connectivity index is 1.70. The van der Waals surface area contributed by atoms with Gasteiger partial charge < -0.3 is 10.3 Å². The lowest BCUT2D eigenvalue weighted by atomic mass is 10.2. The van der Waals surface area contributed by atoms with Crippen molar-refractivity contribution in [3.8, 4) is 0 Å². The second-order valence-corrected chi connectivity index (χ2v) is 5.49. The van der Waals surface area contributed by atoms with E-state index in [9.17, 15) is 18.0 Å². The van der Waals surface area contributed by atoms with Crippen LogP contribution in [0, 0.1) is 6.92 Å². The summed E-state index contributed by atoms with van der Waals surface area (Å²) >= 11 is 0. The molecule has 0 saturated heterocycles. The lowest BCUT2D eigenvalue weighted by molar-refractivity contribution is -0.142. The van der Waals surface area contributed by atoms with Gasteiger partial charge in [0.25, 0.3) is 5.91 Å². The molecule has 3 aromatic rings. The highest BCUT2D eigenvalue weighted by molar-refractivity contribution is 5.92. The normalized spacial score (nSPS) is 11.8. The number of benzene rings is 1. The fraction of sp³-hybridized carbons (Fsp3) is 0.250. The van der Waals surface area contributed by atoms with Gasteiger partial charge in [-0.1, -0.05) is 18.2 Å². The SMILES string of the molecule is Cc1cc(C(=O)NCc2c[nH]c3ccccc23)nn1CC(F)(F)F. The molecule has 126 valence electrons. The summed E-state index contributed by atoms with van der Waals surface area (Å²) in [6.45, 7) is 0.526. The largest absolute Gasteiger partial charge is 0.408 e. The Morgan fingerprint density at radius 2 is 2.08 bits per heavy atom. The number of H-pyrrole nitrogens is 1. The number of para-hydroxylation sites is 1. The summed E-state index contributed by atoms with van der Waals surface area (Å²) in [6, 6.07) is 8.98. The Kier molecular flexibility index (Phi) is 4.04. The minimum Gasteiger partial charge on any atom is -0.361 e. The van der Waals surface area contributed by atoms with Gasteiger partial charge in [-0.3, -0.25) is 9.48 Å². The van der Waals surface area contributed by atoms with Crippen LogP contribution in [0.3, 0.4) is 0 Å². The third kappa shape index (κ3) is 3.42. The molecule has 2 N–H and O–H groups in total. The molecule has 0 atom stereocenters. The number of aromatic amines is 1. The number of aromatic nitrogens is 3. The van der Waals surface area contributed by atoms with E-state index < -0.39 is 18.6 Å². The molecule has 0 aliphatic heterocycles. The minimum absolute atomic E-state index is 0.0309. The van der Waals surface area contributed by atoms with Gasteiger partial charge in [0.05, 0.1) is 0 Å². The lowest BCUT2D eigenvalue weighted by Crippen LogP contribution is -2.24. The summed E-state index contributed by atoms with van der Waals surface area (Å²) in [4.78, 5) is 15.2. The Labute approximate surface area is 135 Å². The quantitative estimate of drug-likeness (QED) is 0.769. The van der Waals surface area contributed by atoms with Crippen molar-refractivity contribution in [2.45, 2.75) is 26.2 Å². The second-order valence-electron chi connectivity index (χ2n) is 5.49. The molecular formula is C16H15F3N4O. The summed E-state index contributed by atoms with van der Waals surface area (Å²) < 4.78 is 38.1. The maximum absolute atomic E-state index is 12.4. The Bertz CT molecular complexity index is 879. The van der Waals surface area contributed by atoms with Gasteiger partial charge in [-0.2, -0.15) is 18.3 Å². The van der Waals surface area contributed by atoms with Crippen LogP contribution in [0.2, 0.25) is 0 Å². The van der Waals surface area contributed by atoms with E-state index in [1.54, 1.807) is 6.20 Å². The molecule has 24 heavy (non-hydrogen) atoms. The molecule has 0 radical (unpaired) electrons. The number of amides is 1. The second kappa shape index (κ2) is 6.03. The lowest BCUT2D eigenvalue weighted by Gasteiger charge is -2.07. The van der Waals surface area contributed by atoms with Crippen LogP contribution in [0.5, 0.6) is 0 Å². The zero-order valence-electron chi connectivity index (χ0n) is 12.8. The summed E-state index contributed by atoms with van der Waals surface area (Å²) in [5.74, 6) is -0.510. The first-order chi connectivity index (χ1) is 11.3. The van der Waals surface area contributed by atoms with Crippen molar-refractivity contribution in [1.82, 2.24) is 20.1 Å². The molecule has 0 aliphatic rings. The van der Waals surface area contributed by atoms with Crippen LogP contribution in [0.15, 0.2) is 36.5 Å². The number of fused-ring (bicyclic) bond motifs is 1. The number of hydrogen-bond donors (Lipinski definition) is 2. The van der Waals surface area contributed by atoms with E-state index in [4.69, 9.17) is 0 Å². The van der Waals surface area contributed by atoms with Crippen molar-refractivity contribution in [2.75, 3.05) is 0 Å². The molecule has 0 fully saturated rings.